The Morgan fingerprint density at radius 3 is 2.54 bits per heavy atom. The number of amides is 2. The summed E-state index contributed by atoms with van der Waals surface area (Å²) in [7, 11) is 1.63. The van der Waals surface area contributed by atoms with Crippen molar-refractivity contribution >= 4 is 46.6 Å². The van der Waals surface area contributed by atoms with Crippen LogP contribution in [0.5, 0.6) is 5.88 Å². The Kier molecular flexibility index (Phi) is 9.34. The number of allylic oxidation sites excluding steroid dienone is 1. The van der Waals surface area contributed by atoms with Crippen molar-refractivity contribution in [3.05, 3.63) is 53.0 Å². The summed E-state index contributed by atoms with van der Waals surface area (Å²) in [6, 6.07) is 1.87. The fraction of sp³-hybridized carbons (Fsp3) is 0.455. The molecule has 2 aromatic rings. The van der Waals surface area contributed by atoms with Crippen LogP contribution in [0.3, 0.4) is 0 Å². The van der Waals surface area contributed by atoms with E-state index in [0.29, 0.717) is 37.0 Å². The minimum absolute atomic E-state index is 0.0269. The number of benzene rings is 1. The van der Waals surface area contributed by atoms with Gasteiger partial charge in [0.25, 0.3) is 0 Å². The monoisotopic (exact) mass is 698 g/mol. The molecule has 1 spiro atoms. The number of urea groups is 1. The zero-order chi connectivity index (χ0) is 35.8. The third-order valence-corrected chi connectivity index (χ3v) is 9.88. The molecule has 6 rings (SSSR count). The average molecular weight is 699 g/mol. The minimum Gasteiger partial charge on any atom is -0.475 e. The van der Waals surface area contributed by atoms with Crippen molar-refractivity contribution < 1.29 is 41.5 Å². The normalized spacial score (nSPS) is 20.3. The molecule has 1 saturated carbocycles. The number of fused-ring (bicyclic) bond motifs is 1. The molecular weight excluding hydrogens is 664 g/mol. The van der Waals surface area contributed by atoms with Gasteiger partial charge in [0.05, 0.1) is 28.7 Å². The number of carbonyl (C=O) groups excluding carboxylic acids is 4. The number of anilines is 4. The van der Waals surface area contributed by atoms with Gasteiger partial charge in [-0.05, 0) is 68.8 Å². The second-order valence-corrected chi connectivity index (χ2v) is 12.9. The second kappa shape index (κ2) is 13.5. The Morgan fingerprint density at radius 2 is 1.90 bits per heavy atom. The van der Waals surface area contributed by atoms with E-state index < -0.39 is 29.6 Å². The number of rotatable bonds is 8. The number of nitrogens with one attached hydrogen (secondary N) is 3. The van der Waals surface area contributed by atoms with Gasteiger partial charge >= 0.3 is 12.2 Å². The topological polar surface area (TPSA) is 162 Å². The van der Waals surface area contributed by atoms with Crippen molar-refractivity contribution in [1.29, 1.82) is 0 Å². The van der Waals surface area contributed by atoms with E-state index in [1.165, 1.54) is 6.07 Å². The van der Waals surface area contributed by atoms with Gasteiger partial charge in [-0.3, -0.25) is 4.90 Å². The lowest BCUT2D eigenvalue weighted by Crippen LogP contribution is -2.52. The molecule has 17 heteroatoms. The molecule has 1 aromatic carbocycles. The standard InChI is InChI=1S/C33H34F4N8O5/c1-43-27(18-48)45(25-4-2-20(16-46)40-24(25)17-47)26-5-3-22(34)28(29(26)43)41-21-13-32(14-21)6-8-44(9-7-32)10-11-50-30-23(42-31(38)49)12-19(15-39-30)33(35,36)37/h3,5,12,15,21,25,40-41H,2,4,6-11,13-14H2,1H3,(H3,38,42,49). The zero-order valence-electron chi connectivity index (χ0n) is 27.0. The summed E-state index contributed by atoms with van der Waals surface area (Å²) in [5.74, 6) is 4.97. The largest absolute Gasteiger partial charge is 0.475 e. The van der Waals surface area contributed by atoms with Gasteiger partial charge in [0.1, 0.15) is 41.4 Å². The summed E-state index contributed by atoms with van der Waals surface area (Å²) in [6.45, 7) is 2.12. The molecular formula is C33H34F4N8O5. The number of pyridine rings is 1. The van der Waals surface area contributed by atoms with Crippen molar-refractivity contribution in [2.75, 3.05) is 53.7 Å². The molecule has 2 amide bonds. The van der Waals surface area contributed by atoms with Gasteiger partial charge in [-0.15, -0.1) is 0 Å². The Bertz CT molecular complexity index is 1840. The number of carbonyl (C=O) groups is 1. The van der Waals surface area contributed by atoms with Crippen LogP contribution in [0, 0.1) is 11.2 Å². The van der Waals surface area contributed by atoms with E-state index in [1.54, 1.807) is 28.9 Å². The van der Waals surface area contributed by atoms with Crippen LogP contribution in [0.15, 0.2) is 41.6 Å². The van der Waals surface area contributed by atoms with Crippen LogP contribution in [-0.4, -0.2) is 79.1 Å². The number of piperidine rings is 2. The Hall–Kier alpha value is -5.33. The van der Waals surface area contributed by atoms with Crippen LogP contribution >= 0.6 is 0 Å². The van der Waals surface area contributed by atoms with Crippen molar-refractivity contribution in [3.8, 4) is 5.88 Å². The first kappa shape index (κ1) is 34.5. The number of ether oxygens (including phenoxy) is 1. The van der Waals surface area contributed by atoms with Crippen molar-refractivity contribution in [2.24, 2.45) is 11.1 Å². The number of hydrogen-bond donors (Lipinski definition) is 4. The summed E-state index contributed by atoms with van der Waals surface area (Å²) >= 11 is 0. The van der Waals surface area contributed by atoms with Crippen LogP contribution in [0.2, 0.25) is 0 Å². The van der Waals surface area contributed by atoms with Crippen LogP contribution in [0.4, 0.5) is 45.1 Å². The predicted octanol–water partition coefficient (Wildman–Crippen LogP) is 3.58. The maximum atomic E-state index is 15.4. The summed E-state index contributed by atoms with van der Waals surface area (Å²) in [4.78, 5) is 55.5. The maximum Gasteiger partial charge on any atom is 0.417 e. The summed E-state index contributed by atoms with van der Waals surface area (Å²) in [5.41, 5.74) is 5.33. The van der Waals surface area contributed by atoms with Crippen LogP contribution < -0.4 is 36.2 Å². The molecule has 1 atom stereocenters. The van der Waals surface area contributed by atoms with Gasteiger partial charge in [-0.25, -0.2) is 28.6 Å². The lowest BCUT2D eigenvalue weighted by Gasteiger charge is -2.52. The fourth-order valence-corrected chi connectivity index (χ4v) is 7.37. The summed E-state index contributed by atoms with van der Waals surface area (Å²) < 4.78 is 60.4. The third kappa shape index (κ3) is 6.64. The highest BCUT2D eigenvalue weighted by atomic mass is 19.4. The molecule has 4 aliphatic rings. The van der Waals surface area contributed by atoms with Crippen LogP contribution in [0.25, 0.3) is 0 Å². The summed E-state index contributed by atoms with van der Waals surface area (Å²) in [6.07, 6.45) is -0.0359. The highest BCUT2D eigenvalue weighted by Crippen LogP contribution is 2.53. The predicted molar refractivity (Wildman–Crippen MR) is 174 cm³/mol. The summed E-state index contributed by atoms with van der Waals surface area (Å²) in [5, 5.41) is 8.23. The highest BCUT2D eigenvalue weighted by molar-refractivity contribution is 5.96. The Morgan fingerprint density at radius 1 is 1.16 bits per heavy atom. The number of halogens is 4. The second-order valence-electron chi connectivity index (χ2n) is 12.9. The molecule has 13 nitrogen and oxygen atoms in total. The number of aromatic nitrogens is 1. The molecule has 1 aromatic heterocycles. The molecule has 1 unspecified atom stereocenters. The maximum absolute atomic E-state index is 15.4. The van der Waals surface area contributed by atoms with Crippen molar-refractivity contribution in [2.45, 2.75) is 56.8 Å². The molecule has 0 radical (unpaired) electrons. The smallest absolute Gasteiger partial charge is 0.417 e. The first-order valence-corrected chi connectivity index (χ1v) is 16.0. The van der Waals surface area contributed by atoms with Gasteiger partial charge in [0.2, 0.25) is 11.7 Å². The molecule has 1 aliphatic carbocycles. The van der Waals surface area contributed by atoms with E-state index in [-0.39, 0.29) is 52.5 Å². The van der Waals surface area contributed by atoms with E-state index in [1.807, 2.05) is 11.9 Å². The van der Waals surface area contributed by atoms with Crippen LogP contribution in [0.1, 0.15) is 44.1 Å². The quantitative estimate of drug-likeness (QED) is 0.236. The first-order valence-electron chi connectivity index (χ1n) is 16.0. The van der Waals surface area contributed by atoms with Gasteiger partial charge < -0.3 is 36.2 Å². The number of nitrogens with two attached hydrogens (primary N) is 1. The molecule has 4 heterocycles. The van der Waals surface area contributed by atoms with Gasteiger partial charge in [-0.2, -0.15) is 13.2 Å². The van der Waals surface area contributed by atoms with E-state index in [2.05, 4.69) is 25.8 Å². The van der Waals surface area contributed by atoms with E-state index >= 15 is 4.39 Å². The molecule has 2 saturated heterocycles. The van der Waals surface area contributed by atoms with Crippen molar-refractivity contribution in [1.82, 2.24) is 15.2 Å². The Balaban J connectivity index is 1.06. The first-order chi connectivity index (χ1) is 23.9. The molecule has 264 valence electrons. The zero-order valence-corrected chi connectivity index (χ0v) is 27.0. The number of likely N-dealkylation sites (tertiary alicyclic amines) is 1. The molecule has 3 aliphatic heterocycles. The number of primary amides is 1. The fourth-order valence-electron chi connectivity index (χ4n) is 7.37. The molecule has 0 bridgehead atoms. The lowest BCUT2D eigenvalue weighted by molar-refractivity contribution is -0.137. The third-order valence-electron chi connectivity index (χ3n) is 9.88. The van der Waals surface area contributed by atoms with E-state index in [0.717, 1.165) is 44.8 Å². The lowest BCUT2D eigenvalue weighted by atomic mass is 9.60. The number of hydrogen-bond acceptors (Lipinski definition) is 11. The van der Waals surface area contributed by atoms with Gasteiger partial charge in [-0.1, -0.05) is 0 Å². The van der Waals surface area contributed by atoms with E-state index in [4.69, 9.17) is 10.5 Å². The SMILES string of the molecule is CN1C(=C=O)N(C2CCC(=C=O)NC2=C=O)c2ccc(F)c(NC3CC4(CCN(CCOc5ncc(C(F)(F)F)cc5NC(N)=O)CC4)C3)c21. The van der Waals surface area contributed by atoms with Gasteiger partial charge in [0, 0.05) is 32.3 Å². The number of nitrogens with zero attached hydrogens (tertiary/aromatic N) is 4. The minimum atomic E-state index is -4.65. The number of alkyl halides is 3. The molecule has 50 heavy (non-hydrogen) atoms. The molecule has 3 fully saturated rings. The van der Waals surface area contributed by atoms with Crippen molar-refractivity contribution in [3.63, 3.8) is 0 Å². The van der Waals surface area contributed by atoms with E-state index in [9.17, 15) is 32.3 Å². The average Bonchev–Trinajstić information content (AvgIpc) is 3.36. The van der Waals surface area contributed by atoms with Gasteiger partial charge in [0.15, 0.2) is 5.94 Å². The molecule has 5 N–H and O–H groups in total. The Labute approximate surface area is 283 Å². The van der Waals surface area contributed by atoms with Crippen LogP contribution in [-0.2, 0) is 20.6 Å². The highest BCUT2D eigenvalue weighted by Gasteiger charge is 2.47.